The van der Waals surface area contributed by atoms with Gasteiger partial charge in [0.1, 0.15) is 11.9 Å². The Morgan fingerprint density at radius 2 is 2.24 bits per heavy atom. The third-order valence-corrected chi connectivity index (χ3v) is 3.77. The summed E-state index contributed by atoms with van der Waals surface area (Å²) in [5.41, 5.74) is 0.795. The Hall–Kier alpha value is -1.42. The lowest BCUT2D eigenvalue weighted by atomic mass is 10.1. The van der Waals surface area contributed by atoms with Crippen LogP contribution in [0.3, 0.4) is 0 Å². The van der Waals surface area contributed by atoms with E-state index in [1.165, 1.54) is 0 Å². The number of ketones is 1. The summed E-state index contributed by atoms with van der Waals surface area (Å²) in [5, 5.41) is 0. The van der Waals surface area contributed by atoms with Crippen LogP contribution in [0.5, 0.6) is 0 Å². The van der Waals surface area contributed by atoms with Gasteiger partial charge in [-0.1, -0.05) is 0 Å². The average Bonchev–Trinajstić information content (AvgIpc) is 2.64. The minimum Gasteiger partial charge on any atom is -0.343 e. The molecule has 0 saturated carbocycles. The van der Waals surface area contributed by atoms with Crippen LogP contribution in [0.2, 0.25) is 0 Å². The standard InChI is InChI=1S/C13H17N3O/c1-9(2)15-6-7-16-11(8-15)12(17)10-4-3-5-14-13(10)16/h3-5,9,11H,6-8H2,1-2H3/t11-/m1/s1. The smallest absolute Gasteiger partial charge is 0.190 e. The minimum absolute atomic E-state index is 0.0175. The van der Waals surface area contributed by atoms with Crippen molar-refractivity contribution < 1.29 is 4.79 Å². The van der Waals surface area contributed by atoms with Crippen molar-refractivity contribution >= 4 is 11.6 Å². The summed E-state index contributed by atoms with van der Waals surface area (Å²) >= 11 is 0. The molecule has 3 heterocycles. The zero-order valence-corrected chi connectivity index (χ0v) is 10.3. The normalized spacial score (nSPS) is 24.1. The van der Waals surface area contributed by atoms with Crippen molar-refractivity contribution in [1.82, 2.24) is 9.88 Å². The topological polar surface area (TPSA) is 36.4 Å². The average molecular weight is 231 g/mol. The van der Waals surface area contributed by atoms with E-state index in [2.05, 4.69) is 28.6 Å². The van der Waals surface area contributed by atoms with Gasteiger partial charge >= 0.3 is 0 Å². The van der Waals surface area contributed by atoms with Crippen LogP contribution in [0.1, 0.15) is 24.2 Å². The van der Waals surface area contributed by atoms with Crippen LogP contribution in [0.4, 0.5) is 5.82 Å². The van der Waals surface area contributed by atoms with Crippen LogP contribution in [0, 0.1) is 0 Å². The van der Waals surface area contributed by atoms with Gasteiger partial charge in [-0.3, -0.25) is 9.69 Å². The fourth-order valence-corrected chi connectivity index (χ4v) is 2.75. The Bertz CT molecular complexity index is 458. The second-order valence-corrected chi connectivity index (χ2v) is 5.04. The molecule has 0 N–H and O–H groups in total. The maximum Gasteiger partial charge on any atom is 0.190 e. The summed E-state index contributed by atoms with van der Waals surface area (Å²) < 4.78 is 0. The highest BCUT2D eigenvalue weighted by molar-refractivity contribution is 6.10. The Balaban J connectivity index is 1.92. The van der Waals surface area contributed by atoms with E-state index < -0.39 is 0 Å². The molecule has 0 aromatic carbocycles. The highest BCUT2D eigenvalue weighted by Crippen LogP contribution is 2.32. The van der Waals surface area contributed by atoms with Gasteiger partial charge in [-0.25, -0.2) is 4.98 Å². The highest BCUT2D eigenvalue weighted by atomic mass is 16.1. The fraction of sp³-hybridized carbons (Fsp3) is 0.538. The monoisotopic (exact) mass is 231 g/mol. The number of carbonyl (C=O) groups excluding carboxylic acids is 1. The second-order valence-electron chi connectivity index (χ2n) is 5.04. The fourth-order valence-electron chi connectivity index (χ4n) is 2.75. The third-order valence-electron chi connectivity index (χ3n) is 3.77. The third kappa shape index (κ3) is 1.55. The zero-order chi connectivity index (χ0) is 12.0. The molecular formula is C13H17N3O. The van der Waals surface area contributed by atoms with E-state index in [1.807, 2.05) is 12.1 Å². The molecule has 2 aliphatic rings. The van der Waals surface area contributed by atoms with E-state index in [4.69, 9.17) is 0 Å². The summed E-state index contributed by atoms with van der Waals surface area (Å²) in [4.78, 5) is 21.2. The molecule has 0 aliphatic carbocycles. The van der Waals surface area contributed by atoms with Crippen molar-refractivity contribution in [3.63, 3.8) is 0 Å². The van der Waals surface area contributed by atoms with Crippen LogP contribution in [0.15, 0.2) is 18.3 Å². The van der Waals surface area contributed by atoms with Crippen molar-refractivity contribution in [2.24, 2.45) is 0 Å². The van der Waals surface area contributed by atoms with Gasteiger partial charge in [-0.2, -0.15) is 0 Å². The van der Waals surface area contributed by atoms with Crippen LogP contribution in [-0.4, -0.2) is 47.4 Å². The Morgan fingerprint density at radius 3 is 3.00 bits per heavy atom. The molecular weight excluding hydrogens is 214 g/mol. The van der Waals surface area contributed by atoms with E-state index in [0.717, 1.165) is 31.0 Å². The number of piperazine rings is 1. The number of Topliss-reactive ketones (excluding diaryl/α,β-unsaturated/α-hetero) is 1. The van der Waals surface area contributed by atoms with Crippen LogP contribution < -0.4 is 4.90 Å². The van der Waals surface area contributed by atoms with Gasteiger partial charge < -0.3 is 4.90 Å². The number of nitrogens with zero attached hydrogens (tertiary/aromatic N) is 3. The molecule has 0 spiro atoms. The van der Waals surface area contributed by atoms with Gasteiger partial charge in [0.15, 0.2) is 5.78 Å². The van der Waals surface area contributed by atoms with Crippen molar-refractivity contribution in [2.75, 3.05) is 24.5 Å². The Kier molecular flexibility index (Phi) is 2.40. The number of rotatable bonds is 1. The first-order valence-electron chi connectivity index (χ1n) is 6.18. The van der Waals surface area contributed by atoms with Gasteiger partial charge in [-0.05, 0) is 26.0 Å². The molecule has 3 rings (SSSR count). The van der Waals surface area contributed by atoms with E-state index in [-0.39, 0.29) is 11.8 Å². The molecule has 17 heavy (non-hydrogen) atoms. The van der Waals surface area contributed by atoms with Crippen molar-refractivity contribution in [2.45, 2.75) is 25.9 Å². The van der Waals surface area contributed by atoms with E-state index in [9.17, 15) is 4.79 Å². The number of fused-ring (bicyclic) bond motifs is 3. The summed E-state index contributed by atoms with van der Waals surface area (Å²) in [7, 11) is 0. The number of aromatic nitrogens is 1. The van der Waals surface area contributed by atoms with Crippen molar-refractivity contribution in [3.05, 3.63) is 23.9 Å². The number of carbonyl (C=O) groups is 1. The predicted molar refractivity (Wildman–Crippen MR) is 66.4 cm³/mol. The van der Waals surface area contributed by atoms with Crippen molar-refractivity contribution in [3.8, 4) is 0 Å². The Labute approximate surface area is 101 Å². The van der Waals surface area contributed by atoms with Gasteiger partial charge in [0, 0.05) is 31.9 Å². The van der Waals surface area contributed by atoms with Gasteiger partial charge in [0.25, 0.3) is 0 Å². The lowest BCUT2D eigenvalue weighted by molar-refractivity contribution is 0.0910. The first kappa shape index (κ1) is 10.7. The van der Waals surface area contributed by atoms with Crippen LogP contribution >= 0.6 is 0 Å². The lowest BCUT2D eigenvalue weighted by Gasteiger charge is -2.39. The minimum atomic E-state index is -0.0175. The summed E-state index contributed by atoms with van der Waals surface area (Å²) in [6, 6.07) is 4.22. The molecule has 0 radical (unpaired) electrons. The van der Waals surface area contributed by atoms with E-state index in [1.54, 1.807) is 6.20 Å². The molecule has 1 fully saturated rings. The molecule has 1 aromatic heterocycles. The molecule has 1 aromatic rings. The summed E-state index contributed by atoms with van der Waals surface area (Å²) in [6.45, 7) is 7.10. The molecule has 0 unspecified atom stereocenters. The maximum atomic E-state index is 12.3. The molecule has 0 bridgehead atoms. The molecule has 1 atom stereocenters. The van der Waals surface area contributed by atoms with Crippen LogP contribution in [0.25, 0.3) is 0 Å². The largest absolute Gasteiger partial charge is 0.343 e. The molecule has 4 nitrogen and oxygen atoms in total. The first-order chi connectivity index (χ1) is 8.18. The predicted octanol–water partition coefficient (Wildman–Crippen LogP) is 1.18. The van der Waals surface area contributed by atoms with Gasteiger partial charge in [0.2, 0.25) is 0 Å². The Morgan fingerprint density at radius 1 is 1.41 bits per heavy atom. The SMILES string of the molecule is CC(C)N1CCN2c3ncccc3C(=O)[C@H]2C1. The summed E-state index contributed by atoms with van der Waals surface area (Å²) in [5.74, 6) is 1.12. The van der Waals surface area contributed by atoms with Crippen LogP contribution in [-0.2, 0) is 0 Å². The number of hydrogen-bond donors (Lipinski definition) is 0. The number of pyridine rings is 1. The quantitative estimate of drug-likeness (QED) is 0.727. The summed E-state index contributed by atoms with van der Waals surface area (Å²) in [6.07, 6.45) is 1.77. The van der Waals surface area contributed by atoms with E-state index in [0.29, 0.717) is 6.04 Å². The number of anilines is 1. The lowest BCUT2D eigenvalue weighted by Crippen LogP contribution is -2.55. The second kappa shape index (κ2) is 3.81. The molecule has 4 heteroatoms. The van der Waals surface area contributed by atoms with Gasteiger partial charge in [0.05, 0.1) is 5.56 Å². The number of hydrogen-bond acceptors (Lipinski definition) is 4. The molecule has 90 valence electrons. The maximum absolute atomic E-state index is 12.3. The van der Waals surface area contributed by atoms with E-state index >= 15 is 0 Å². The zero-order valence-electron chi connectivity index (χ0n) is 10.3. The van der Waals surface area contributed by atoms with Gasteiger partial charge in [-0.15, -0.1) is 0 Å². The highest BCUT2D eigenvalue weighted by Gasteiger charge is 2.41. The first-order valence-corrected chi connectivity index (χ1v) is 6.18. The molecule has 0 amide bonds. The molecule has 1 saturated heterocycles. The molecule has 2 aliphatic heterocycles. The van der Waals surface area contributed by atoms with Crippen molar-refractivity contribution in [1.29, 1.82) is 0 Å².